The van der Waals surface area contributed by atoms with E-state index >= 15 is 0 Å². The number of aryl methyl sites for hydroxylation is 1. The van der Waals surface area contributed by atoms with Crippen molar-refractivity contribution < 1.29 is 4.79 Å². The van der Waals surface area contributed by atoms with Crippen molar-refractivity contribution >= 4 is 33.2 Å². The zero-order valence-electron chi connectivity index (χ0n) is 9.67. The summed E-state index contributed by atoms with van der Waals surface area (Å²) in [5.41, 5.74) is 3.15. The summed E-state index contributed by atoms with van der Waals surface area (Å²) in [5, 5.41) is 3.16. The van der Waals surface area contributed by atoms with Crippen LogP contribution < -0.4 is 10.2 Å². The molecule has 1 amide bonds. The van der Waals surface area contributed by atoms with Crippen molar-refractivity contribution in [3.8, 4) is 0 Å². The van der Waals surface area contributed by atoms with E-state index in [2.05, 4.69) is 21.2 Å². The minimum atomic E-state index is 0.132. The quantitative estimate of drug-likeness (QED) is 0.859. The molecule has 1 heterocycles. The minimum absolute atomic E-state index is 0.132. The number of halogens is 1. The molecule has 0 unspecified atom stereocenters. The van der Waals surface area contributed by atoms with E-state index in [4.69, 9.17) is 0 Å². The van der Waals surface area contributed by atoms with E-state index in [1.807, 2.05) is 37.8 Å². The molecule has 0 fully saturated rings. The number of amides is 1. The first-order valence-corrected chi connectivity index (χ1v) is 6.16. The van der Waals surface area contributed by atoms with E-state index in [1.165, 1.54) is 0 Å². The Labute approximate surface area is 104 Å². The average Bonchev–Trinajstić information content (AvgIpc) is 2.18. The molecule has 0 spiro atoms. The van der Waals surface area contributed by atoms with Crippen LogP contribution in [0.1, 0.15) is 19.4 Å². The number of anilines is 2. The van der Waals surface area contributed by atoms with Crippen LogP contribution in [0.4, 0.5) is 11.4 Å². The molecule has 3 nitrogen and oxygen atoms in total. The maximum absolute atomic E-state index is 11.9. The van der Waals surface area contributed by atoms with Gasteiger partial charge < -0.3 is 10.2 Å². The first-order valence-electron chi connectivity index (χ1n) is 5.37. The fraction of sp³-hybridized carbons (Fsp3) is 0.417. The highest BCUT2D eigenvalue weighted by Gasteiger charge is 2.27. The third kappa shape index (κ3) is 1.82. The molecule has 4 heteroatoms. The van der Waals surface area contributed by atoms with Gasteiger partial charge in [-0.25, -0.2) is 0 Å². The van der Waals surface area contributed by atoms with Crippen molar-refractivity contribution in [1.82, 2.24) is 0 Å². The van der Waals surface area contributed by atoms with Gasteiger partial charge in [0, 0.05) is 10.5 Å². The van der Waals surface area contributed by atoms with E-state index in [1.54, 1.807) is 0 Å². The first kappa shape index (κ1) is 11.5. The van der Waals surface area contributed by atoms with Crippen LogP contribution in [0.5, 0.6) is 0 Å². The van der Waals surface area contributed by atoms with Crippen molar-refractivity contribution in [2.45, 2.75) is 26.8 Å². The second-order valence-corrected chi connectivity index (χ2v) is 5.25. The van der Waals surface area contributed by atoms with Crippen LogP contribution >= 0.6 is 15.9 Å². The molecule has 1 aromatic carbocycles. The number of fused-ring (bicyclic) bond motifs is 1. The molecule has 1 aromatic rings. The molecule has 0 saturated heterocycles. The van der Waals surface area contributed by atoms with Crippen molar-refractivity contribution in [2.24, 2.45) is 0 Å². The molecule has 0 aromatic heterocycles. The van der Waals surface area contributed by atoms with Gasteiger partial charge in [0.2, 0.25) is 5.91 Å². The third-order valence-corrected chi connectivity index (χ3v) is 3.18. The van der Waals surface area contributed by atoms with Gasteiger partial charge >= 0.3 is 0 Å². The molecule has 0 radical (unpaired) electrons. The van der Waals surface area contributed by atoms with Gasteiger partial charge in [-0.2, -0.15) is 0 Å². The lowest BCUT2D eigenvalue weighted by molar-refractivity contribution is -0.117. The number of hydrogen-bond acceptors (Lipinski definition) is 2. The SMILES string of the molecule is Cc1cc(Br)cc2c1N(C(C)C)C(=O)CN2. The van der Waals surface area contributed by atoms with Crippen molar-refractivity contribution in [1.29, 1.82) is 0 Å². The highest BCUT2D eigenvalue weighted by atomic mass is 79.9. The Morgan fingerprint density at radius 3 is 2.75 bits per heavy atom. The molecule has 86 valence electrons. The summed E-state index contributed by atoms with van der Waals surface area (Å²) in [6.45, 7) is 6.48. The molecule has 0 aliphatic carbocycles. The van der Waals surface area contributed by atoms with Gasteiger partial charge in [-0.3, -0.25) is 4.79 Å². The lowest BCUT2D eigenvalue weighted by Gasteiger charge is -2.34. The summed E-state index contributed by atoms with van der Waals surface area (Å²) < 4.78 is 1.04. The lowest BCUT2D eigenvalue weighted by Crippen LogP contribution is -2.44. The fourth-order valence-corrected chi connectivity index (χ4v) is 2.69. The number of carbonyl (C=O) groups excluding carboxylic acids is 1. The maximum atomic E-state index is 11.9. The molecule has 0 atom stereocenters. The van der Waals surface area contributed by atoms with Gasteiger partial charge in [0.25, 0.3) is 0 Å². The lowest BCUT2D eigenvalue weighted by atomic mass is 10.1. The molecule has 16 heavy (non-hydrogen) atoms. The Balaban J connectivity index is 2.59. The van der Waals surface area contributed by atoms with Gasteiger partial charge in [0.05, 0.1) is 17.9 Å². The predicted octanol–water partition coefficient (Wildman–Crippen LogP) is 2.92. The van der Waals surface area contributed by atoms with Crippen LogP contribution in [0.2, 0.25) is 0 Å². The number of rotatable bonds is 1. The standard InChI is InChI=1S/C12H15BrN2O/c1-7(2)15-11(16)6-14-10-5-9(13)4-8(3)12(10)15/h4-5,7,14H,6H2,1-3H3. The van der Waals surface area contributed by atoms with E-state index in [0.717, 1.165) is 21.4 Å². The van der Waals surface area contributed by atoms with Crippen molar-refractivity contribution in [3.63, 3.8) is 0 Å². The number of hydrogen-bond donors (Lipinski definition) is 1. The van der Waals surface area contributed by atoms with Crippen LogP contribution in [0, 0.1) is 6.92 Å². The average molecular weight is 283 g/mol. The van der Waals surface area contributed by atoms with Gasteiger partial charge in [-0.15, -0.1) is 0 Å². The highest BCUT2D eigenvalue weighted by molar-refractivity contribution is 9.10. The second kappa shape index (κ2) is 4.09. The van der Waals surface area contributed by atoms with Crippen molar-refractivity contribution in [2.75, 3.05) is 16.8 Å². The summed E-state index contributed by atoms with van der Waals surface area (Å²) in [6.07, 6.45) is 0. The Morgan fingerprint density at radius 2 is 2.12 bits per heavy atom. The number of nitrogens with one attached hydrogen (secondary N) is 1. The molecule has 1 aliphatic heterocycles. The topological polar surface area (TPSA) is 32.3 Å². The highest BCUT2D eigenvalue weighted by Crippen LogP contribution is 2.36. The molecule has 0 saturated carbocycles. The number of nitrogens with zero attached hydrogens (tertiary/aromatic N) is 1. The molecule has 1 aliphatic rings. The molecular formula is C12H15BrN2O. The molecule has 2 rings (SSSR count). The predicted molar refractivity (Wildman–Crippen MR) is 70.0 cm³/mol. The summed E-state index contributed by atoms with van der Waals surface area (Å²) in [4.78, 5) is 13.8. The largest absolute Gasteiger partial charge is 0.374 e. The monoisotopic (exact) mass is 282 g/mol. The number of benzene rings is 1. The minimum Gasteiger partial charge on any atom is -0.374 e. The van der Waals surface area contributed by atoms with Crippen LogP contribution in [0.15, 0.2) is 16.6 Å². The van der Waals surface area contributed by atoms with Crippen LogP contribution in [-0.2, 0) is 4.79 Å². The zero-order valence-corrected chi connectivity index (χ0v) is 11.3. The Bertz CT molecular complexity index is 443. The molecule has 1 N–H and O–H groups in total. The summed E-state index contributed by atoms with van der Waals surface area (Å²) in [7, 11) is 0. The summed E-state index contributed by atoms with van der Waals surface area (Å²) in [6, 6.07) is 4.24. The summed E-state index contributed by atoms with van der Waals surface area (Å²) in [5.74, 6) is 0.132. The Kier molecular flexibility index (Phi) is 2.93. The maximum Gasteiger partial charge on any atom is 0.246 e. The van der Waals surface area contributed by atoms with E-state index < -0.39 is 0 Å². The normalized spacial score (nSPS) is 15.1. The third-order valence-electron chi connectivity index (χ3n) is 2.72. The number of carbonyl (C=O) groups is 1. The van der Waals surface area contributed by atoms with E-state index in [-0.39, 0.29) is 11.9 Å². The fourth-order valence-electron chi connectivity index (χ4n) is 2.12. The first-order chi connectivity index (χ1) is 7.50. The van der Waals surface area contributed by atoms with Crippen LogP contribution in [0.3, 0.4) is 0 Å². The summed E-state index contributed by atoms with van der Waals surface area (Å²) >= 11 is 3.47. The van der Waals surface area contributed by atoms with Crippen LogP contribution in [0.25, 0.3) is 0 Å². The Hall–Kier alpha value is -1.03. The van der Waals surface area contributed by atoms with E-state index in [0.29, 0.717) is 6.54 Å². The van der Waals surface area contributed by atoms with Gasteiger partial charge in [0.1, 0.15) is 0 Å². The smallest absolute Gasteiger partial charge is 0.246 e. The van der Waals surface area contributed by atoms with Gasteiger partial charge in [-0.05, 0) is 38.5 Å². The van der Waals surface area contributed by atoms with Gasteiger partial charge in [-0.1, -0.05) is 15.9 Å². The van der Waals surface area contributed by atoms with Gasteiger partial charge in [0.15, 0.2) is 0 Å². The molecule has 0 bridgehead atoms. The van der Waals surface area contributed by atoms with Crippen molar-refractivity contribution in [3.05, 3.63) is 22.2 Å². The van der Waals surface area contributed by atoms with E-state index in [9.17, 15) is 4.79 Å². The zero-order chi connectivity index (χ0) is 11.9. The molecular weight excluding hydrogens is 268 g/mol. The van der Waals surface area contributed by atoms with Crippen LogP contribution in [-0.4, -0.2) is 18.5 Å². The second-order valence-electron chi connectivity index (χ2n) is 4.33. The Morgan fingerprint density at radius 1 is 1.44 bits per heavy atom.